The van der Waals surface area contributed by atoms with Gasteiger partial charge in [-0.1, -0.05) is 26.8 Å². The molecule has 0 fully saturated rings. The van der Waals surface area contributed by atoms with Crippen LogP contribution in [0.5, 0.6) is 0 Å². The average molecular weight is 372 g/mol. The number of halogens is 5. The van der Waals surface area contributed by atoms with E-state index in [9.17, 15) is 31.0 Å². The number of benzene rings is 1. The van der Waals surface area contributed by atoms with Crippen molar-refractivity contribution in [3.05, 3.63) is 28.8 Å². The number of hydrogen-bond acceptors (Lipinski definition) is 2. The van der Waals surface area contributed by atoms with Crippen LogP contribution >= 0.6 is 0 Å². The van der Waals surface area contributed by atoms with Crippen molar-refractivity contribution in [2.24, 2.45) is 0 Å². The quantitative estimate of drug-likeness (QED) is 0.748. The Bertz CT molecular complexity index is 655. The molecule has 0 aromatic heterocycles. The van der Waals surface area contributed by atoms with Crippen molar-refractivity contribution in [1.29, 1.82) is 0 Å². The zero-order chi connectivity index (χ0) is 18.9. The first-order valence-electron chi connectivity index (χ1n) is 7.14. The van der Waals surface area contributed by atoms with E-state index in [1.165, 1.54) is 13.8 Å². The van der Waals surface area contributed by atoms with Crippen molar-refractivity contribution in [1.82, 2.24) is 0 Å². The van der Waals surface area contributed by atoms with E-state index >= 15 is 0 Å². The smallest absolute Gasteiger partial charge is 0.458 e. The van der Waals surface area contributed by atoms with E-state index in [1.807, 2.05) is 0 Å². The second-order valence-corrected chi connectivity index (χ2v) is 7.02. The van der Waals surface area contributed by atoms with Crippen molar-refractivity contribution < 1.29 is 36.1 Å². The first-order valence-corrected chi connectivity index (χ1v) is 8.36. The zero-order valence-electron chi connectivity index (χ0n) is 13.2. The van der Waals surface area contributed by atoms with Crippen LogP contribution in [0, 0.1) is 0 Å². The molecule has 1 aromatic rings. The summed E-state index contributed by atoms with van der Waals surface area (Å²) < 4.78 is 78.7. The fraction of sp³-hybridized carbons (Fsp3) is 0.533. The topological polar surface area (TPSA) is 54.4 Å². The SMILES string of the molecule is CCc1c(C(=O)O)ccc(C(F)(F)C(F)(F)F)c1[S@](=O)[C@@H](C)CC. The molecule has 0 spiro atoms. The molecule has 1 N–H and O–H groups in total. The first-order chi connectivity index (χ1) is 10.9. The van der Waals surface area contributed by atoms with Crippen molar-refractivity contribution >= 4 is 16.8 Å². The monoisotopic (exact) mass is 372 g/mol. The lowest BCUT2D eigenvalue weighted by Crippen LogP contribution is -2.35. The zero-order valence-corrected chi connectivity index (χ0v) is 14.0. The maximum atomic E-state index is 13.9. The number of carboxylic acid groups (broad SMARTS) is 1. The van der Waals surface area contributed by atoms with Gasteiger partial charge in [0.1, 0.15) is 0 Å². The van der Waals surface area contributed by atoms with Crippen molar-refractivity contribution in [2.75, 3.05) is 0 Å². The number of rotatable bonds is 6. The molecular formula is C15H17F5O3S. The maximum Gasteiger partial charge on any atom is 0.458 e. The Labute approximate surface area is 138 Å². The molecule has 1 aromatic carbocycles. The third-order valence-corrected chi connectivity index (χ3v) is 5.61. The van der Waals surface area contributed by atoms with E-state index in [4.69, 9.17) is 5.11 Å². The summed E-state index contributed by atoms with van der Waals surface area (Å²) in [6.07, 6.45) is -5.75. The van der Waals surface area contributed by atoms with E-state index in [-0.39, 0.29) is 18.4 Å². The van der Waals surface area contributed by atoms with E-state index in [0.717, 1.165) is 0 Å². The van der Waals surface area contributed by atoms with Gasteiger partial charge < -0.3 is 5.11 Å². The fourth-order valence-electron chi connectivity index (χ4n) is 2.16. The van der Waals surface area contributed by atoms with Gasteiger partial charge in [0, 0.05) is 10.8 Å². The molecule has 0 unspecified atom stereocenters. The van der Waals surface area contributed by atoms with Gasteiger partial charge in [-0.15, -0.1) is 0 Å². The Hall–Kier alpha value is -1.51. The molecule has 0 bridgehead atoms. The molecule has 9 heteroatoms. The lowest BCUT2D eigenvalue weighted by Gasteiger charge is -2.25. The van der Waals surface area contributed by atoms with Crippen LogP contribution in [-0.2, 0) is 23.1 Å². The lowest BCUT2D eigenvalue weighted by atomic mass is 9.98. The molecule has 0 saturated heterocycles. The number of carbonyl (C=O) groups is 1. The lowest BCUT2D eigenvalue weighted by molar-refractivity contribution is -0.290. The fourth-order valence-corrected chi connectivity index (χ4v) is 3.78. The van der Waals surface area contributed by atoms with E-state index in [1.54, 1.807) is 6.92 Å². The Morgan fingerprint density at radius 2 is 1.75 bits per heavy atom. The molecule has 0 aliphatic rings. The van der Waals surface area contributed by atoms with Gasteiger partial charge >= 0.3 is 18.1 Å². The number of carboxylic acids is 1. The van der Waals surface area contributed by atoms with Crippen molar-refractivity contribution in [3.63, 3.8) is 0 Å². The average Bonchev–Trinajstić information content (AvgIpc) is 2.50. The van der Waals surface area contributed by atoms with E-state index < -0.39 is 50.1 Å². The third-order valence-electron chi connectivity index (χ3n) is 3.68. The van der Waals surface area contributed by atoms with Crippen LogP contribution in [0.25, 0.3) is 0 Å². The summed E-state index contributed by atoms with van der Waals surface area (Å²) in [5, 5.41) is 8.44. The molecule has 0 radical (unpaired) electrons. The van der Waals surface area contributed by atoms with Crippen LogP contribution in [0.4, 0.5) is 22.0 Å². The van der Waals surface area contributed by atoms with Gasteiger partial charge in [0.25, 0.3) is 0 Å². The normalized spacial score (nSPS) is 15.2. The summed E-state index contributed by atoms with van der Waals surface area (Å²) in [4.78, 5) is 10.5. The molecule has 1 rings (SSSR count). The Morgan fingerprint density at radius 1 is 1.21 bits per heavy atom. The van der Waals surface area contributed by atoms with Gasteiger partial charge in [0.2, 0.25) is 0 Å². The minimum atomic E-state index is -5.88. The summed E-state index contributed by atoms with van der Waals surface area (Å²) in [6, 6.07) is 1.11. The number of aromatic carboxylic acids is 1. The van der Waals surface area contributed by atoms with Crippen LogP contribution in [0.3, 0.4) is 0 Å². The molecule has 0 saturated carbocycles. The van der Waals surface area contributed by atoms with Crippen molar-refractivity contribution in [3.8, 4) is 0 Å². The summed E-state index contributed by atoms with van der Waals surface area (Å²) in [5.41, 5.74) is -2.14. The minimum Gasteiger partial charge on any atom is -0.478 e. The van der Waals surface area contributed by atoms with E-state index in [2.05, 4.69) is 0 Å². The molecule has 0 amide bonds. The van der Waals surface area contributed by atoms with E-state index in [0.29, 0.717) is 12.1 Å². The highest BCUT2D eigenvalue weighted by molar-refractivity contribution is 7.85. The van der Waals surface area contributed by atoms with Crippen LogP contribution in [-0.4, -0.2) is 26.7 Å². The first kappa shape index (κ1) is 20.5. The molecule has 136 valence electrons. The van der Waals surface area contributed by atoms with Crippen LogP contribution in [0.15, 0.2) is 17.0 Å². The predicted octanol–water partition coefficient (Wildman–Crippen LogP) is 4.51. The van der Waals surface area contributed by atoms with Gasteiger partial charge in [0.15, 0.2) is 0 Å². The third kappa shape index (κ3) is 3.60. The Kier molecular flexibility index (Phi) is 6.13. The standard InChI is InChI=1S/C15H17F5O3S/c1-4-8(3)24(23)12-9(5-2)10(13(21)22)6-7-11(12)14(16,17)15(18,19)20/h6-8H,4-5H2,1-3H3,(H,21,22)/t8-,24+/m0/s1. The van der Waals surface area contributed by atoms with Crippen LogP contribution in [0.2, 0.25) is 0 Å². The predicted molar refractivity (Wildman–Crippen MR) is 78.9 cm³/mol. The van der Waals surface area contributed by atoms with Gasteiger partial charge in [-0.3, -0.25) is 4.21 Å². The van der Waals surface area contributed by atoms with Gasteiger partial charge in [0.05, 0.1) is 21.3 Å². The molecule has 0 aliphatic heterocycles. The van der Waals surface area contributed by atoms with Crippen LogP contribution < -0.4 is 0 Å². The second kappa shape index (κ2) is 7.16. The minimum absolute atomic E-state index is 0.138. The molecule has 24 heavy (non-hydrogen) atoms. The van der Waals surface area contributed by atoms with Gasteiger partial charge in [-0.25, -0.2) is 4.79 Å². The van der Waals surface area contributed by atoms with Crippen molar-refractivity contribution in [2.45, 2.75) is 55.9 Å². The molecule has 0 heterocycles. The largest absolute Gasteiger partial charge is 0.478 e. The number of alkyl halides is 5. The molecule has 2 atom stereocenters. The summed E-state index contributed by atoms with van der Waals surface area (Å²) in [7, 11) is -2.20. The molecule has 0 aliphatic carbocycles. The maximum absolute atomic E-state index is 13.9. The Morgan fingerprint density at radius 3 is 2.12 bits per heavy atom. The highest BCUT2D eigenvalue weighted by Crippen LogP contribution is 2.47. The van der Waals surface area contributed by atoms with Gasteiger partial charge in [-0.05, 0) is 24.5 Å². The summed E-state index contributed by atoms with van der Waals surface area (Å²) >= 11 is 0. The molecular weight excluding hydrogens is 355 g/mol. The number of hydrogen-bond donors (Lipinski definition) is 1. The highest BCUT2D eigenvalue weighted by atomic mass is 32.2. The van der Waals surface area contributed by atoms with Gasteiger partial charge in [-0.2, -0.15) is 22.0 Å². The summed E-state index contributed by atoms with van der Waals surface area (Å²) in [6.45, 7) is 4.46. The highest BCUT2D eigenvalue weighted by Gasteiger charge is 2.60. The summed E-state index contributed by atoms with van der Waals surface area (Å²) in [5.74, 6) is -6.71. The molecule has 3 nitrogen and oxygen atoms in total. The Balaban J connectivity index is 3.85. The van der Waals surface area contributed by atoms with Crippen LogP contribution in [0.1, 0.15) is 48.7 Å². The second-order valence-electron chi connectivity index (χ2n) is 5.22.